The predicted molar refractivity (Wildman–Crippen MR) is 82.5 cm³/mol. The Balaban J connectivity index is 2.00. The van der Waals surface area contributed by atoms with Gasteiger partial charge in [0.2, 0.25) is 5.91 Å². The number of thiocarbonyl (C=S) groups is 2. The molecule has 102 valence electrons. The van der Waals surface area contributed by atoms with E-state index in [1.807, 2.05) is 0 Å². The molecule has 0 aliphatic carbocycles. The van der Waals surface area contributed by atoms with E-state index in [-0.39, 0.29) is 11.8 Å². The topological polar surface area (TPSA) is 75.4 Å². The molecule has 1 aromatic rings. The quantitative estimate of drug-likeness (QED) is 0.598. The van der Waals surface area contributed by atoms with Gasteiger partial charge in [-0.2, -0.15) is 0 Å². The van der Waals surface area contributed by atoms with E-state index >= 15 is 0 Å². The molecule has 2 heterocycles. The number of amides is 2. The van der Waals surface area contributed by atoms with Crippen LogP contribution in [0.15, 0.2) is 18.2 Å². The van der Waals surface area contributed by atoms with Crippen LogP contribution in [0.5, 0.6) is 0 Å². The van der Waals surface area contributed by atoms with Gasteiger partial charge in [-0.3, -0.25) is 14.5 Å². The number of piperidine rings is 1. The zero-order valence-electron chi connectivity index (χ0n) is 10.4. The molecule has 7 heteroatoms. The number of rotatable bonds is 1. The zero-order chi connectivity index (χ0) is 14.4. The van der Waals surface area contributed by atoms with E-state index in [1.165, 1.54) is 4.90 Å². The summed E-state index contributed by atoms with van der Waals surface area (Å²) in [6.45, 7) is 0. The van der Waals surface area contributed by atoms with Crippen molar-refractivity contribution in [1.29, 1.82) is 0 Å². The Kier molecular flexibility index (Phi) is 3.02. The normalized spacial score (nSPS) is 22.0. The van der Waals surface area contributed by atoms with Gasteiger partial charge in [-0.05, 0) is 12.5 Å². The van der Waals surface area contributed by atoms with Crippen LogP contribution in [0.4, 0.5) is 5.69 Å². The number of nitrogen functional groups attached to an aromatic ring is 1. The summed E-state index contributed by atoms with van der Waals surface area (Å²) in [7, 11) is 0. The minimum Gasteiger partial charge on any atom is -0.398 e. The highest BCUT2D eigenvalue weighted by Crippen LogP contribution is 2.31. The summed E-state index contributed by atoms with van der Waals surface area (Å²) in [5.74, 6) is -0.598. The van der Waals surface area contributed by atoms with Crippen LogP contribution < -0.4 is 11.1 Å². The Morgan fingerprint density at radius 2 is 2.05 bits per heavy atom. The highest BCUT2D eigenvalue weighted by Gasteiger charge is 2.42. The summed E-state index contributed by atoms with van der Waals surface area (Å²) < 4.78 is 0. The van der Waals surface area contributed by atoms with Crippen LogP contribution >= 0.6 is 24.4 Å². The lowest BCUT2D eigenvalue weighted by molar-refractivity contribution is -0.123. The number of hydrogen-bond donors (Lipinski definition) is 2. The first-order valence-corrected chi connectivity index (χ1v) is 6.92. The Morgan fingerprint density at radius 1 is 1.30 bits per heavy atom. The Labute approximate surface area is 126 Å². The first kappa shape index (κ1) is 13.1. The molecule has 20 heavy (non-hydrogen) atoms. The van der Waals surface area contributed by atoms with Gasteiger partial charge >= 0.3 is 0 Å². The molecular weight excluding hydrogens is 294 g/mol. The third-order valence-corrected chi connectivity index (χ3v) is 4.22. The van der Waals surface area contributed by atoms with Crippen molar-refractivity contribution in [2.45, 2.75) is 18.9 Å². The van der Waals surface area contributed by atoms with Crippen LogP contribution in [0, 0.1) is 0 Å². The number of hydrogen-bond acceptors (Lipinski definition) is 5. The number of benzene rings is 1. The Bertz CT molecular complexity index is 672. The summed E-state index contributed by atoms with van der Waals surface area (Å²) in [5, 5.41) is 2.60. The molecule has 1 atom stereocenters. The van der Waals surface area contributed by atoms with Gasteiger partial charge in [0.25, 0.3) is 5.91 Å². The van der Waals surface area contributed by atoms with Crippen molar-refractivity contribution in [1.82, 2.24) is 10.2 Å². The third kappa shape index (κ3) is 1.82. The fourth-order valence-electron chi connectivity index (χ4n) is 2.54. The zero-order valence-corrected chi connectivity index (χ0v) is 12.0. The average Bonchev–Trinajstić information content (AvgIpc) is 2.64. The molecule has 0 saturated carbocycles. The third-order valence-electron chi connectivity index (χ3n) is 3.50. The number of nitrogens with two attached hydrogens (primary N) is 1. The van der Waals surface area contributed by atoms with E-state index in [0.717, 1.165) is 0 Å². The molecule has 3 N–H and O–H groups in total. The van der Waals surface area contributed by atoms with Crippen LogP contribution in [0.3, 0.4) is 0 Å². The lowest BCUT2D eigenvalue weighted by Crippen LogP contribution is -2.53. The first-order chi connectivity index (χ1) is 9.50. The van der Waals surface area contributed by atoms with Crippen molar-refractivity contribution in [3.8, 4) is 0 Å². The van der Waals surface area contributed by atoms with Gasteiger partial charge in [-0.25, -0.2) is 0 Å². The molecule has 1 unspecified atom stereocenters. The molecule has 1 saturated heterocycles. The largest absolute Gasteiger partial charge is 0.398 e. The van der Waals surface area contributed by atoms with E-state index < -0.39 is 6.04 Å². The van der Waals surface area contributed by atoms with Crippen LogP contribution in [0.1, 0.15) is 28.8 Å². The van der Waals surface area contributed by atoms with Crippen molar-refractivity contribution < 1.29 is 9.59 Å². The molecule has 5 nitrogen and oxygen atoms in total. The minimum atomic E-state index is -0.617. The van der Waals surface area contributed by atoms with Gasteiger partial charge in [-0.15, -0.1) is 0 Å². The Hall–Kier alpha value is -1.86. The van der Waals surface area contributed by atoms with Crippen molar-refractivity contribution >= 4 is 51.9 Å². The van der Waals surface area contributed by atoms with Gasteiger partial charge < -0.3 is 11.1 Å². The summed E-state index contributed by atoms with van der Waals surface area (Å²) in [6.07, 6.45) is 1.04. The summed E-state index contributed by atoms with van der Waals surface area (Å²) >= 11 is 10.3. The summed E-state index contributed by atoms with van der Waals surface area (Å²) in [5.41, 5.74) is 7.23. The van der Waals surface area contributed by atoms with Gasteiger partial charge in [0.1, 0.15) is 11.0 Å². The molecule has 0 spiro atoms. The van der Waals surface area contributed by atoms with Crippen LogP contribution in [0.25, 0.3) is 0 Å². The van der Waals surface area contributed by atoms with Crippen molar-refractivity contribution in [3.05, 3.63) is 29.3 Å². The van der Waals surface area contributed by atoms with E-state index in [9.17, 15) is 9.59 Å². The molecule has 3 rings (SSSR count). The second-order valence-electron chi connectivity index (χ2n) is 4.72. The monoisotopic (exact) mass is 305 g/mol. The molecule has 2 aliphatic rings. The molecule has 1 aromatic carbocycles. The smallest absolute Gasteiger partial charge is 0.262 e. The standard InChI is InChI=1S/C13H11N3O2S2/c14-7-3-1-2-6-10(7)12(18)16(13(6)20)8-4-5-9(19)15-11(8)17/h1-3,8H,4-5,14H2,(H,15,17,19). The number of carbonyl (C=O) groups excluding carboxylic acids is 2. The van der Waals surface area contributed by atoms with Crippen molar-refractivity contribution in [2.24, 2.45) is 0 Å². The lowest BCUT2D eigenvalue weighted by Gasteiger charge is -2.30. The minimum absolute atomic E-state index is 0.289. The number of anilines is 1. The van der Waals surface area contributed by atoms with Crippen molar-refractivity contribution in [2.75, 3.05) is 5.73 Å². The van der Waals surface area contributed by atoms with E-state index in [2.05, 4.69) is 5.32 Å². The molecular formula is C13H11N3O2S2. The number of fused-ring (bicyclic) bond motifs is 1. The number of nitrogens with zero attached hydrogens (tertiary/aromatic N) is 1. The van der Waals surface area contributed by atoms with Gasteiger partial charge in [0.05, 0.1) is 10.6 Å². The van der Waals surface area contributed by atoms with Crippen molar-refractivity contribution in [3.63, 3.8) is 0 Å². The van der Waals surface area contributed by atoms with E-state index in [1.54, 1.807) is 18.2 Å². The SMILES string of the molecule is Nc1cccc2c1C(=O)N(C1CCC(=S)NC1=O)C2=S. The van der Waals surface area contributed by atoms with Crippen LogP contribution in [-0.4, -0.2) is 32.7 Å². The highest BCUT2D eigenvalue weighted by molar-refractivity contribution is 7.81. The fourth-order valence-corrected chi connectivity index (χ4v) is 3.14. The molecule has 2 aliphatic heterocycles. The summed E-state index contributed by atoms with van der Waals surface area (Å²) in [4.78, 5) is 26.7. The second kappa shape index (κ2) is 4.60. The van der Waals surface area contributed by atoms with Gasteiger partial charge in [-0.1, -0.05) is 36.6 Å². The maximum absolute atomic E-state index is 12.5. The second-order valence-corrected chi connectivity index (χ2v) is 5.60. The summed E-state index contributed by atoms with van der Waals surface area (Å²) in [6, 6.07) is 4.53. The van der Waals surface area contributed by atoms with E-state index in [0.29, 0.717) is 39.6 Å². The molecule has 2 amide bonds. The first-order valence-electron chi connectivity index (χ1n) is 6.11. The Morgan fingerprint density at radius 3 is 2.70 bits per heavy atom. The maximum atomic E-state index is 12.5. The molecule has 0 radical (unpaired) electrons. The van der Waals surface area contributed by atoms with Gasteiger partial charge in [0, 0.05) is 17.7 Å². The molecule has 1 fully saturated rings. The van der Waals surface area contributed by atoms with Crippen LogP contribution in [0.2, 0.25) is 0 Å². The fraction of sp³-hybridized carbons (Fsp3) is 0.231. The van der Waals surface area contributed by atoms with Crippen LogP contribution in [-0.2, 0) is 4.79 Å². The van der Waals surface area contributed by atoms with E-state index in [4.69, 9.17) is 30.2 Å². The number of nitrogens with one attached hydrogen (secondary N) is 1. The average molecular weight is 305 g/mol. The highest BCUT2D eigenvalue weighted by atomic mass is 32.1. The molecule has 0 aromatic heterocycles. The maximum Gasteiger partial charge on any atom is 0.262 e. The van der Waals surface area contributed by atoms with Gasteiger partial charge in [0.15, 0.2) is 0 Å². The lowest BCUT2D eigenvalue weighted by atomic mass is 10.1. The predicted octanol–water partition coefficient (Wildman–Crippen LogP) is 1.01. The number of carbonyl (C=O) groups is 2. The molecule has 0 bridgehead atoms.